The second kappa shape index (κ2) is 5.60. The van der Waals surface area contributed by atoms with E-state index in [2.05, 4.69) is 67.5 Å². The van der Waals surface area contributed by atoms with Crippen LogP contribution in [0.1, 0.15) is 22.6 Å². The van der Waals surface area contributed by atoms with Crippen molar-refractivity contribution in [3.05, 3.63) is 59.0 Å². The van der Waals surface area contributed by atoms with Gasteiger partial charge in [-0.2, -0.15) is 0 Å². The lowest BCUT2D eigenvalue weighted by Gasteiger charge is -2.04. The zero-order chi connectivity index (χ0) is 14.8. The van der Waals surface area contributed by atoms with Crippen LogP contribution < -0.4 is 5.32 Å². The molecule has 3 aromatic rings. The molecule has 0 aliphatic heterocycles. The number of nitrogens with zero attached hydrogens (tertiary/aromatic N) is 1. The van der Waals surface area contributed by atoms with Gasteiger partial charge < -0.3 is 9.73 Å². The summed E-state index contributed by atoms with van der Waals surface area (Å²) in [4.78, 5) is 4.57. The van der Waals surface area contributed by atoms with Crippen molar-refractivity contribution in [3.63, 3.8) is 0 Å². The van der Waals surface area contributed by atoms with E-state index in [-0.39, 0.29) is 0 Å². The summed E-state index contributed by atoms with van der Waals surface area (Å²) < 4.78 is 5.86. The largest absolute Gasteiger partial charge is 0.440 e. The van der Waals surface area contributed by atoms with Crippen molar-refractivity contribution in [3.8, 4) is 0 Å². The summed E-state index contributed by atoms with van der Waals surface area (Å²) in [5, 5.41) is 3.39. The maximum atomic E-state index is 5.86. The standard InChI is InChI=1S/C18H20N2O/c1-12-4-6-15(7-5-12)19-9-8-17-20-16-11-13(2)10-14(3)18(16)21-17/h4-7,10-11,19H,8-9H2,1-3H3. The first-order valence-corrected chi connectivity index (χ1v) is 7.29. The molecule has 108 valence electrons. The Labute approximate surface area is 125 Å². The summed E-state index contributed by atoms with van der Waals surface area (Å²) in [5.74, 6) is 0.790. The summed E-state index contributed by atoms with van der Waals surface area (Å²) in [6.07, 6.45) is 0.779. The number of rotatable bonds is 4. The number of anilines is 1. The topological polar surface area (TPSA) is 38.1 Å². The molecule has 3 heteroatoms. The molecule has 2 aromatic carbocycles. The van der Waals surface area contributed by atoms with Crippen LogP contribution in [0.15, 0.2) is 40.8 Å². The fourth-order valence-corrected chi connectivity index (χ4v) is 2.51. The highest BCUT2D eigenvalue weighted by molar-refractivity contribution is 5.77. The lowest BCUT2D eigenvalue weighted by molar-refractivity contribution is 0.532. The maximum absolute atomic E-state index is 5.86. The molecule has 0 spiro atoms. The molecule has 0 saturated carbocycles. The van der Waals surface area contributed by atoms with Crippen LogP contribution in [0.4, 0.5) is 5.69 Å². The molecule has 21 heavy (non-hydrogen) atoms. The molecule has 3 rings (SSSR count). The summed E-state index contributed by atoms with van der Waals surface area (Å²) in [5.41, 5.74) is 6.63. The van der Waals surface area contributed by atoms with Crippen LogP contribution in [0.2, 0.25) is 0 Å². The lowest BCUT2D eigenvalue weighted by atomic mass is 10.1. The van der Waals surface area contributed by atoms with Gasteiger partial charge in [0.2, 0.25) is 0 Å². The molecule has 0 aliphatic rings. The summed E-state index contributed by atoms with van der Waals surface area (Å²) >= 11 is 0. The monoisotopic (exact) mass is 280 g/mol. The predicted octanol–water partition coefficient (Wildman–Crippen LogP) is 4.41. The Balaban J connectivity index is 1.68. The maximum Gasteiger partial charge on any atom is 0.197 e. The van der Waals surface area contributed by atoms with E-state index in [0.717, 1.165) is 41.2 Å². The van der Waals surface area contributed by atoms with E-state index in [1.165, 1.54) is 11.1 Å². The van der Waals surface area contributed by atoms with Gasteiger partial charge in [0.15, 0.2) is 11.5 Å². The lowest BCUT2D eigenvalue weighted by Crippen LogP contribution is -2.04. The van der Waals surface area contributed by atoms with Crippen molar-refractivity contribution in [2.45, 2.75) is 27.2 Å². The number of hydrogen-bond acceptors (Lipinski definition) is 3. The zero-order valence-corrected chi connectivity index (χ0v) is 12.7. The molecular formula is C18H20N2O. The molecule has 3 nitrogen and oxygen atoms in total. The highest BCUT2D eigenvalue weighted by Crippen LogP contribution is 2.21. The minimum absolute atomic E-state index is 0.779. The van der Waals surface area contributed by atoms with Crippen molar-refractivity contribution in [2.24, 2.45) is 0 Å². The SMILES string of the molecule is Cc1ccc(NCCc2nc3cc(C)cc(C)c3o2)cc1. The number of nitrogens with one attached hydrogen (secondary N) is 1. The molecule has 0 aliphatic carbocycles. The van der Waals surface area contributed by atoms with Crippen LogP contribution in [-0.2, 0) is 6.42 Å². The minimum atomic E-state index is 0.779. The van der Waals surface area contributed by atoms with Gasteiger partial charge in [0.1, 0.15) is 5.52 Å². The van der Waals surface area contributed by atoms with E-state index in [4.69, 9.17) is 4.42 Å². The summed E-state index contributed by atoms with van der Waals surface area (Å²) in [7, 11) is 0. The van der Waals surface area contributed by atoms with Gasteiger partial charge in [-0.25, -0.2) is 4.98 Å². The first kappa shape index (κ1) is 13.7. The van der Waals surface area contributed by atoms with E-state index in [1.807, 2.05) is 0 Å². The van der Waals surface area contributed by atoms with E-state index < -0.39 is 0 Å². The molecule has 0 radical (unpaired) electrons. The van der Waals surface area contributed by atoms with Gasteiger partial charge >= 0.3 is 0 Å². The molecule has 1 heterocycles. The van der Waals surface area contributed by atoms with Gasteiger partial charge in [-0.3, -0.25) is 0 Å². The third kappa shape index (κ3) is 3.07. The van der Waals surface area contributed by atoms with Crippen molar-refractivity contribution in [2.75, 3.05) is 11.9 Å². The second-order valence-electron chi connectivity index (χ2n) is 5.58. The van der Waals surface area contributed by atoms with Crippen LogP contribution in [0.3, 0.4) is 0 Å². The van der Waals surface area contributed by atoms with E-state index in [0.29, 0.717) is 0 Å². The Hall–Kier alpha value is -2.29. The van der Waals surface area contributed by atoms with Crippen LogP contribution in [0.5, 0.6) is 0 Å². The predicted molar refractivity (Wildman–Crippen MR) is 86.9 cm³/mol. The molecule has 0 saturated heterocycles. The third-order valence-corrected chi connectivity index (χ3v) is 3.58. The Morgan fingerprint density at radius 3 is 2.52 bits per heavy atom. The molecule has 0 unspecified atom stereocenters. The number of aryl methyl sites for hydroxylation is 3. The van der Waals surface area contributed by atoms with E-state index >= 15 is 0 Å². The average molecular weight is 280 g/mol. The van der Waals surface area contributed by atoms with Gasteiger partial charge in [-0.05, 0) is 50.1 Å². The Morgan fingerprint density at radius 1 is 1.00 bits per heavy atom. The quantitative estimate of drug-likeness (QED) is 0.769. The van der Waals surface area contributed by atoms with Crippen molar-refractivity contribution < 1.29 is 4.42 Å². The first-order valence-electron chi connectivity index (χ1n) is 7.29. The molecule has 0 bridgehead atoms. The fraction of sp³-hybridized carbons (Fsp3) is 0.278. The summed E-state index contributed by atoms with van der Waals surface area (Å²) in [6, 6.07) is 12.6. The van der Waals surface area contributed by atoms with E-state index in [9.17, 15) is 0 Å². The fourth-order valence-electron chi connectivity index (χ4n) is 2.51. The van der Waals surface area contributed by atoms with Crippen LogP contribution >= 0.6 is 0 Å². The number of fused-ring (bicyclic) bond motifs is 1. The normalized spacial score (nSPS) is 11.0. The Kier molecular flexibility index (Phi) is 3.65. The number of oxazole rings is 1. The second-order valence-corrected chi connectivity index (χ2v) is 5.58. The first-order chi connectivity index (χ1) is 10.1. The number of aromatic nitrogens is 1. The van der Waals surface area contributed by atoms with Gasteiger partial charge in [0.25, 0.3) is 0 Å². The highest BCUT2D eigenvalue weighted by Gasteiger charge is 2.08. The van der Waals surface area contributed by atoms with Crippen molar-refractivity contribution >= 4 is 16.8 Å². The minimum Gasteiger partial charge on any atom is -0.440 e. The van der Waals surface area contributed by atoms with Gasteiger partial charge in [-0.15, -0.1) is 0 Å². The molecule has 1 aromatic heterocycles. The Morgan fingerprint density at radius 2 is 1.76 bits per heavy atom. The van der Waals surface area contributed by atoms with Gasteiger partial charge in [0.05, 0.1) is 0 Å². The molecule has 0 atom stereocenters. The Bertz CT molecular complexity index is 757. The number of hydrogen-bond donors (Lipinski definition) is 1. The third-order valence-electron chi connectivity index (χ3n) is 3.58. The summed E-state index contributed by atoms with van der Waals surface area (Å²) in [6.45, 7) is 7.05. The van der Waals surface area contributed by atoms with Crippen molar-refractivity contribution in [1.29, 1.82) is 0 Å². The zero-order valence-electron chi connectivity index (χ0n) is 12.7. The number of benzene rings is 2. The highest BCUT2D eigenvalue weighted by atomic mass is 16.3. The molecule has 0 fully saturated rings. The van der Waals surface area contributed by atoms with Gasteiger partial charge in [-0.1, -0.05) is 23.8 Å². The van der Waals surface area contributed by atoms with Crippen LogP contribution in [-0.4, -0.2) is 11.5 Å². The molecular weight excluding hydrogens is 260 g/mol. The van der Waals surface area contributed by atoms with Crippen molar-refractivity contribution in [1.82, 2.24) is 4.98 Å². The molecule has 0 amide bonds. The van der Waals surface area contributed by atoms with Crippen LogP contribution in [0.25, 0.3) is 11.1 Å². The average Bonchev–Trinajstić information content (AvgIpc) is 2.84. The van der Waals surface area contributed by atoms with Crippen LogP contribution in [0, 0.1) is 20.8 Å². The molecule has 1 N–H and O–H groups in total. The van der Waals surface area contributed by atoms with E-state index in [1.54, 1.807) is 0 Å². The smallest absolute Gasteiger partial charge is 0.197 e. The van der Waals surface area contributed by atoms with Gasteiger partial charge in [0, 0.05) is 18.7 Å².